The molecule has 0 N–H and O–H groups in total. The van der Waals surface area contributed by atoms with Crippen LogP contribution in [0, 0.1) is 6.92 Å². The first-order valence-electron chi connectivity index (χ1n) is 8.14. The lowest BCUT2D eigenvalue weighted by Crippen LogP contribution is -2.05. The Morgan fingerprint density at radius 1 is 1.04 bits per heavy atom. The number of ether oxygens (including phenoxy) is 1. The van der Waals surface area contributed by atoms with Crippen molar-refractivity contribution in [2.75, 3.05) is 0 Å². The number of esters is 1. The molecule has 0 radical (unpaired) electrons. The number of nitrogens with zero attached hydrogens (tertiary/aromatic N) is 1. The molecular weight excluding hydrogens is 385 g/mol. The quantitative estimate of drug-likeness (QED) is 0.407. The fourth-order valence-corrected chi connectivity index (χ4v) is 3.09. The number of carbonyl (C=O) groups excluding carboxylic acids is 1. The van der Waals surface area contributed by atoms with E-state index >= 15 is 0 Å². The average Bonchev–Trinajstić information content (AvgIpc) is 3.25. The summed E-state index contributed by atoms with van der Waals surface area (Å²) >= 11 is 12.2. The standard InChI is InChI=1S/C21H13Cl2NO3/c1-12-3-2-4-13(9-12)20-24-18(21(25)27-20)11-15-6-8-19(26-15)16-10-14(22)5-7-17(16)23/h2-11H,1H3/b18-11-. The van der Waals surface area contributed by atoms with E-state index in [4.69, 9.17) is 32.4 Å². The first-order valence-corrected chi connectivity index (χ1v) is 8.90. The highest BCUT2D eigenvalue weighted by Gasteiger charge is 2.24. The van der Waals surface area contributed by atoms with Crippen molar-refractivity contribution in [2.45, 2.75) is 6.92 Å². The lowest BCUT2D eigenvalue weighted by atomic mass is 10.1. The molecular formula is C21H13Cl2NO3. The van der Waals surface area contributed by atoms with E-state index in [-0.39, 0.29) is 11.6 Å². The number of carbonyl (C=O) groups is 1. The van der Waals surface area contributed by atoms with Gasteiger partial charge in [0.25, 0.3) is 0 Å². The van der Waals surface area contributed by atoms with Gasteiger partial charge >= 0.3 is 5.97 Å². The second kappa shape index (κ2) is 7.06. The minimum Gasteiger partial charge on any atom is -0.457 e. The smallest absolute Gasteiger partial charge is 0.363 e. The van der Waals surface area contributed by atoms with Crippen LogP contribution in [0.5, 0.6) is 0 Å². The van der Waals surface area contributed by atoms with E-state index in [1.807, 2.05) is 31.2 Å². The summed E-state index contributed by atoms with van der Waals surface area (Å²) in [4.78, 5) is 16.4. The fourth-order valence-electron chi connectivity index (χ4n) is 2.71. The van der Waals surface area contributed by atoms with Gasteiger partial charge in [-0.2, -0.15) is 0 Å². The van der Waals surface area contributed by atoms with E-state index < -0.39 is 5.97 Å². The van der Waals surface area contributed by atoms with Crippen LogP contribution in [-0.4, -0.2) is 11.9 Å². The van der Waals surface area contributed by atoms with Gasteiger partial charge in [0.15, 0.2) is 5.70 Å². The third kappa shape index (κ3) is 3.68. The van der Waals surface area contributed by atoms with Crippen molar-refractivity contribution in [1.29, 1.82) is 0 Å². The highest BCUT2D eigenvalue weighted by Crippen LogP contribution is 2.32. The van der Waals surface area contributed by atoms with Gasteiger partial charge in [-0.25, -0.2) is 9.79 Å². The maximum Gasteiger partial charge on any atom is 0.363 e. The van der Waals surface area contributed by atoms with E-state index in [9.17, 15) is 4.79 Å². The van der Waals surface area contributed by atoms with Crippen molar-refractivity contribution >= 4 is 41.1 Å². The molecule has 4 nitrogen and oxygen atoms in total. The highest BCUT2D eigenvalue weighted by molar-refractivity contribution is 6.35. The number of furan rings is 1. The molecule has 2 aromatic carbocycles. The van der Waals surface area contributed by atoms with Crippen LogP contribution in [0.4, 0.5) is 0 Å². The summed E-state index contributed by atoms with van der Waals surface area (Å²) in [6.07, 6.45) is 1.53. The van der Waals surface area contributed by atoms with E-state index in [0.29, 0.717) is 27.1 Å². The van der Waals surface area contributed by atoms with Crippen molar-refractivity contribution in [2.24, 2.45) is 4.99 Å². The lowest BCUT2D eigenvalue weighted by Gasteiger charge is -2.01. The van der Waals surface area contributed by atoms with Gasteiger partial charge in [0.2, 0.25) is 5.90 Å². The SMILES string of the molecule is Cc1cccc(C2=N/C(=C\c3ccc(-c4cc(Cl)ccc4Cl)o3)C(=O)O2)c1. The second-order valence-corrected chi connectivity index (χ2v) is 6.88. The second-order valence-electron chi connectivity index (χ2n) is 6.03. The van der Waals surface area contributed by atoms with Crippen LogP contribution in [0.3, 0.4) is 0 Å². The van der Waals surface area contributed by atoms with E-state index in [1.165, 1.54) is 6.08 Å². The molecule has 0 saturated heterocycles. The molecule has 0 saturated carbocycles. The molecule has 6 heteroatoms. The van der Waals surface area contributed by atoms with E-state index in [0.717, 1.165) is 11.1 Å². The molecule has 0 bridgehead atoms. The normalized spacial score (nSPS) is 15.1. The van der Waals surface area contributed by atoms with Crippen LogP contribution in [0.2, 0.25) is 10.0 Å². The van der Waals surface area contributed by atoms with Crippen LogP contribution < -0.4 is 0 Å². The van der Waals surface area contributed by atoms with Gasteiger partial charge in [-0.05, 0) is 49.4 Å². The molecule has 0 unspecified atom stereocenters. The third-order valence-corrected chi connectivity index (χ3v) is 4.55. The Labute approximate surface area is 165 Å². The van der Waals surface area contributed by atoms with Crippen LogP contribution in [0.15, 0.2) is 69.7 Å². The third-order valence-electron chi connectivity index (χ3n) is 3.99. The monoisotopic (exact) mass is 397 g/mol. The Morgan fingerprint density at radius 2 is 1.89 bits per heavy atom. The first-order chi connectivity index (χ1) is 13.0. The van der Waals surface area contributed by atoms with Crippen molar-refractivity contribution in [3.8, 4) is 11.3 Å². The Balaban J connectivity index is 1.65. The predicted molar refractivity (Wildman–Crippen MR) is 106 cm³/mol. The molecule has 0 spiro atoms. The number of halogens is 2. The number of aryl methyl sites for hydroxylation is 1. The van der Waals surface area contributed by atoms with Crippen LogP contribution in [0.1, 0.15) is 16.9 Å². The number of aliphatic imine (C=N–C) groups is 1. The largest absolute Gasteiger partial charge is 0.457 e. The molecule has 0 fully saturated rings. The predicted octanol–water partition coefficient (Wildman–Crippen LogP) is 5.91. The summed E-state index contributed by atoms with van der Waals surface area (Å²) in [6.45, 7) is 1.96. The maximum absolute atomic E-state index is 12.1. The zero-order valence-electron chi connectivity index (χ0n) is 14.2. The molecule has 0 aliphatic carbocycles. The minimum atomic E-state index is -0.523. The summed E-state index contributed by atoms with van der Waals surface area (Å²) in [7, 11) is 0. The summed E-state index contributed by atoms with van der Waals surface area (Å²) in [6, 6.07) is 16.2. The van der Waals surface area contributed by atoms with Gasteiger partial charge in [-0.15, -0.1) is 0 Å². The molecule has 0 atom stereocenters. The zero-order valence-corrected chi connectivity index (χ0v) is 15.7. The van der Waals surface area contributed by atoms with Gasteiger partial charge < -0.3 is 9.15 Å². The first kappa shape index (κ1) is 17.6. The van der Waals surface area contributed by atoms with Crippen LogP contribution in [0.25, 0.3) is 17.4 Å². The summed E-state index contributed by atoms with van der Waals surface area (Å²) < 4.78 is 11.1. The molecule has 1 aromatic heterocycles. The van der Waals surface area contributed by atoms with Crippen molar-refractivity contribution < 1.29 is 13.9 Å². The molecule has 134 valence electrons. The van der Waals surface area contributed by atoms with Gasteiger partial charge in [0, 0.05) is 22.2 Å². The number of hydrogen-bond acceptors (Lipinski definition) is 4. The summed E-state index contributed by atoms with van der Waals surface area (Å²) in [5.74, 6) is 0.760. The molecule has 4 rings (SSSR count). The fraction of sp³-hybridized carbons (Fsp3) is 0.0476. The van der Waals surface area contributed by atoms with E-state index in [1.54, 1.807) is 30.3 Å². The number of hydrogen-bond donors (Lipinski definition) is 0. The minimum absolute atomic E-state index is 0.171. The summed E-state index contributed by atoms with van der Waals surface area (Å²) in [5.41, 5.74) is 2.65. The number of benzene rings is 2. The van der Waals surface area contributed by atoms with Crippen LogP contribution >= 0.6 is 23.2 Å². The Bertz CT molecular complexity index is 1110. The summed E-state index contributed by atoms with van der Waals surface area (Å²) in [5, 5.41) is 1.07. The van der Waals surface area contributed by atoms with Gasteiger partial charge in [0.05, 0.1) is 5.02 Å². The lowest BCUT2D eigenvalue weighted by molar-refractivity contribution is -0.129. The van der Waals surface area contributed by atoms with Crippen molar-refractivity contribution in [3.05, 3.63) is 87.2 Å². The Kier molecular flexibility index (Phi) is 4.60. The topological polar surface area (TPSA) is 51.8 Å². The van der Waals surface area contributed by atoms with Crippen molar-refractivity contribution in [1.82, 2.24) is 0 Å². The zero-order chi connectivity index (χ0) is 19.0. The van der Waals surface area contributed by atoms with Crippen LogP contribution in [-0.2, 0) is 9.53 Å². The average molecular weight is 398 g/mol. The van der Waals surface area contributed by atoms with E-state index in [2.05, 4.69) is 4.99 Å². The van der Waals surface area contributed by atoms with Gasteiger partial charge in [-0.1, -0.05) is 40.9 Å². The number of rotatable bonds is 3. The highest BCUT2D eigenvalue weighted by atomic mass is 35.5. The molecule has 3 aromatic rings. The Hall–Kier alpha value is -2.82. The molecule has 2 heterocycles. The number of cyclic esters (lactones) is 1. The van der Waals surface area contributed by atoms with Gasteiger partial charge in [0.1, 0.15) is 11.5 Å². The van der Waals surface area contributed by atoms with Gasteiger partial charge in [-0.3, -0.25) is 0 Å². The molecule has 0 amide bonds. The molecule has 1 aliphatic heterocycles. The van der Waals surface area contributed by atoms with Crippen molar-refractivity contribution in [3.63, 3.8) is 0 Å². The molecule has 27 heavy (non-hydrogen) atoms. The Morgan fingerprint density at radius 3 is 2.70 bits per heavy atom. The maximum atomic E-state index is 12.1. The molecule has 1 aliphatic rings.